The first-order chi connectivity index (χ1) is 6.50. The predicted octanol–water partition coefficient (Wildman–Crippen LogP) is 2.37. The molecule has 1 aliphatic rings. The Hall–Kier alpha value is -0.740. The molecular weight excluding hydrogens is 246 g/mol. The molecule has 76 valence electrons. The lowest BCUT2D eigenvalue weighted by atomic mass is 9.95. The Morgan fingerprint density at radius 2 is 2.07 bits per heavy atom. The highest BCUT2D eigenvalue weighted by molar-refractivity contribution is 9.10. The smallest absolute Gasteiger partial charge is 0.231 e. The average molecular weight is 258 g/mol. The highest BCUT2D eigenvalue weighted by Crippen LogP contribution is 2.43. The fraction of sp³-hybridized carbons (Fsp3) is 0.400. The molecule has 0 fully saturated rings. The van der Waals surface area contributed by atoms with E-state index in [0.717, 1.165) is 21.5 Å². The van der Waals surface area contributed by atoms with Crippen molar-refractivity contribution in [3.63, 3.8) is 0 Å². The monoisotopic (exact) mass is 257 g/mol. The molecule has 14 heavy (non-hydrogen) atoms. The second-order valence-corrected chi connectivity index (χ2v) is 4.68. The van der Waals surface area contributed by atoms with Crippen LogP contribution in [0.5, 0.6) is 11.5 Å². The molecule has 4 heteroatoms. The van der Waals surface area contributed by atoms with Gasteiger partial charge >= 0.3 is 0 Å². The summed E-state index contributed by atoms with van der Waals surface area (Å²) < 4.78 is 11.5. The number of nitrogens with two attached hydrogens (primary N) is 1. The van der Waals surface area contributed by atoms with Crippen molar-refractivity contribution in [2.75, 3.05) is 6.79 Å². The molecule has 0 saturated heterocycles. The van der Waals surface area contributed by atoms with E-state index in [9.17, 15) is 0 Å². The van der Waals surface area contributed by atoms with Crippen LogP contribution in [-0.4, -0.2) is 6.79 Å². The summed E-state index contributed by atoms with van der Waals surface area (Å²) in [4.78, 5) is 0. The minimum atomic E-state index is -0.389. The summed E-state index contributed by atoms with van der Waals surface area (Å²) in [6.07, 6.45) is 0. The van der Waals surface area contributed by atoms with Gasteiger partial charge in [0.2, 0.25) is 6.79 Å². The van der Waals surface area contributed by atoms with Gasteiger partial charge < -0.3 is 15.2 Å². The summed E-state index contributed by atoms with van der Waals surface area (Å²) in [5, 5.41) is 0. The van der Waals surface area contributed by atoms with Crippen LogP contribution in [-0.2, 0) is 5.54 Å². The summed E-state index contributed by atoms with van der Waals surface area (Å²) in [5.41, 5.74) is 6.65. The van der Waals surface area contributed by atoms with Gasteiger partial charge in [0.05, 0.1) is 4.47 Å². The fourth-order valence-electron chi connectivity index (χ4n) is 1.44. The SMILES string of the molecule is CC(C)(N)c1ccc2c(c1Br)OCO2. The van der Waals surface area contributed by atoms with Gasteiger partial charge in [-0.25, -0.2) is 0 Å². The van der Waals surface area contributed by atoms with E-state index in [-0.39, 0.29) is 12.3 Å². The Labute approximate surface area is 91.3 Å². The van der Waals surface area contributed by atoms with E-state index in [0.29, 0.717) is 0 Å². The largest absolute Gasteiger partial charge is 0.454 e. The molecule has 0 saturated carbocycles. The molecule has 1 heterocycles. The number of rotatable bonds is 1. The van der Waals surface area contributed by atoms with Gasteiger partial charge in [-0.2, -0.15) is 0 Å². The van der Waals surface area contributed by atoms with E-state index in [1.54, 1.807) is 0 Å². The lowest BCUT2D eigenvalue weighted by Gasteiger charge is -2.21. The molecule has 2 rings (SSSR count). The van der Waals surface area contributed by atoms with Gasteiger partial charge in [-0.1, -0.05) is 6.07 Å². The topological polar surface area (TPSA) is 44.5 Å². The van der Waals surface area contributed by atoms with E-state index < -0.39 is 0 Å². The highest BCUT2D eigenvalue weighted by Gasteiger charge is 2.25. The molecule has 0 aromatic heterocycles. The first kappa shape index (κ1) is 9.80. The van der Waals surface area contributed by atoms with Crippen molar-refractivity contribution < 1.29 is 9.47 Å². The molecule has 0 aliphatic carbocycles. The second-order valence-electron chi connectivity index (χ2n) is 3.88. The maximum Gasteiger partial charge on any atom is 0.231 e. The normalized spacial score (nSPS) is 14.6. The Bertz CT molecular complexity index is 371. The zero-order chi connectivity index (χ0) is 10.3. The third-order valence-corrected chi connectivity index (χ3v) is 2.96. The van der Waals surface area contributed by atoms with Gasteiger partial charge in [0.25, 0.3) is 0 Å². The van der Waals surface area contributed by atoms with Crippen LogP contribution in [0, 0.1) is 0 Å². The quantitative estimate of drug-likeness (QED) is 0.841. The lowest BCUT2D eigenvalue weighted by molar-refractivity contribution is 0.173. The lowest BCUT2D eigenvalue weighted by Crippen LogP contribution is -2.29. The van der Waals surface area contributed by atoms with Crippen LogP contribution in [0.25, 0.3) is 0 Å². The molecule has 0 amide bonds. The van der Waals surface area contributed by atoms with Crippen molar-refractivity contribution in [1.82, 2.24) is 0 Å². The van der Waals surface area contributed by atoms with Crippen molar-refractivity contribution >= 4 is 15.9 Å². The number of hydrogen-bond acceptors (Lipinski definition) is 3. The summed E-state index contributed by atoms with van der Waals surface area (Å²) in [6, 6.07) is 3.84. The van der Waals surface area contributed by atoms with Crippen LogP contribution in [0.2, 0.25) is 0 Å². The first-order valence-electron chi connectivity index (χ1n) is 4.37. The van der Waals surface area contributed by atoms with Crippen LogP contribution >= 0.6 is 15.9 Å². The number of benzene rings is 1. The van der Waals surface area contributed by atoms with Gasteiger partial charge in [-0.05, 0) is 41.4 Å². The van der Waals surface area contributed by atoms with E-state index in [2.05, 4.69) is 15.9 Å². The van der Waals surface area contributed by atoms with Crippen LogP contribution in [0.1, 0.15) is 19.4 Å². The van der Waals surface area contributed by atoms with Gasteiger partial charge in [0.15, 0.2) is 11.5 Å². The molecule has 0 spiro atoms. The molecule has 0 radical (unpaired) electrons. The molecule has 1 aromatic rings. The van der Waals surface area contributed by atoms with E-state index in [1.165, 1.54) is 0 Å². The first-order valence-corrected chi connectivity index (χ1v) is 5.17. The van der Waals surface area contributed by atoms with Gasteiger partial charge in [-0.15, -0.1) is 0 Å². The van der Waals surface area contributed by atoms with Gasteiger partial charge in [0.1, 0.15) is 0 Å². The van der Waals surface area contributed by atoms with Crippen LogP contribution < -0.4 is 15.2 Å². The van der Waals surface area contributed by atoms with Crippen molar-refractivity contribution in [2.24, 2.45) is 5.73 Å². The molecule has 1 aromatic carbocycles. The van der Waals surface area contributed by atoms with Crippen molar-refractivity contribution in [3.8, 4) is 11.5 Å². The molecule has 1 aliphatic heterocycles. The van der Waals surface area contributed by atoms with Crippen LogP contribution in [0.3, 0.4) is 0 Å². The number of hydrogen-bond donors (Lipinski definition) is 1. The molecule has 3 nitrogen and oxygen atoms in total. The predicted molar refractivity (Wildman–Crippen MR) is 57.5 cm³/mol. The number of fused-ring (bicyclic) bond motifs is 1. The minimum Gasteiger partial charge on any atom is -0.454 e. The summed E-state index contributed by atoms with van der Waals surface area (Å²) in [5.74, 6) is 1.52. The van der Waals surface area contributed by atoms with E-state index >= 15 is 0 Å². The zero-order valence-corrected chi connectivity index (χ0v) is 9.72. The Balaban J connectivity index is 2.56. The third-order valence-electron chi connectivity index (χ3n) is 2.17. The molecular formula is C10H12BrNO2. The standard InChI is InChI=1S/C10H12BrNO2/c1-10(2,12)6-3-4-7-9(8(6)11)14-5-13-7/h3-4H,5,12H2,1-2H3. The van der Waals surface area contributed by atoms with Gasteiger partial charge in [-0.3, -0.25) is 0 Å². The molecule has 0 unspecified atom stereocenters. The van der Waals surface area contributed by atoms with Gasteiger partial charge in [0, 0.05) is 5.54 Å². The number of ether oxygens (including phenoxy) is 2. The average Bonchev–Trinajstić information content (AvgIpc) is 2.50. The third kappa shape index (κ3) is 1.48. The maximum absolute atomic E-state index is 6.03. The van der Waals surface area contributed by atoms with E-state index in [1.807, 2.05) is 26.0 Å². The number of halogens is 1. The van der Waals surface area contributed by atoms with Crippen molar-refractivity contribution in [1.29, 1.82) is 0 Å². The Morgan fingerprint density at radius 3 is 2.71 bits per heavy atom. The zero-order valence-electron chi connectivity index (χ0n) is 8.13. The van der Waals surface area contributed by atoms with Crippen molar-refractivity contribution in [3.05, 3.63) is 22.2 Å². The second kappa shape index (κ2) is 3.14. The summed E-state index contributed by atoms with van der Waals surface area (Å²) >= 11 is 3.48. The van der Waals surface area contributed by atoms with Crippen LogP contribution in [0.4, 0.5) is 0 Å². The molecule has 2 N–H and O–H groups in total. The Kier molecular flexibility index (Phi) is 2.20. The highest BCUT2D eigenvalue weighted by atomic mass is 79.9. The Morgan fingerprint density at radius 1 is 1.36 bits per heavy atom. The molecule has 0 atom stereocenters. The summed E-state index contributed by atoms with van der Waals surface area (Å²) in [7, 11) is 0. The van der Waals surface area contributed by atoms with E-state index in [4.69, 9.17) is 15.2 Å². The van der Waals surface area contributed by atoms with Crippen LogP contribution in [0.15, 0.2) is 16.6 Å². The van der Waals surface area contributed by atoms with Crippen molar-refractivity contribution in [2.45, 2.75) is 19.4 Å². The fourth-order valence-corrected chi connectivity index (χ4v) is 2.39. The summed E-state index contributed by atoms with van der Waals surface area (Å²) in [6.45, 7) is 4.19. The maximum atomic E-state index is 6.03. The minimum absolute atomic E-state index is 0.280. The molecule has 0 bridgehead atoms.